The molecule has 3 saturated carbocycles. The number of esters is 3. The number of hydrogen-bond acceptors (Lipinski definition) is 6. The van der Waals surface area contributed by atoms with Crippen LogP contribution in [0.5, 0.6) is 0 Å². The van der Waals surface area contributed by atoms with E-state index in [4.69, 9.17) is 14.2 Å². The van der Waals surface area contributed by atoms with Crippen LogP contribution in [0.1, 0.15) is 79.1 Å². The van der Waals surface area contributed by atoms with Gasteiger partial charge in [-0.2, -0.15) is 0 Å². The normalized spacial score (nSPS) is 46.4. The number of carbonyl (C=O) groups is 3. The first-order valence-electron chi connectivity index (χ1n) is 11.2. The molecular weight excluding hydrogens is 372 g/mol. The molecule has 0 amide bonds. The van der Waals surface area contributed by atoms with E-state index < -0.39 is 0 Å². The molecule has 0 bridgehead atoms. The van der Waals surface area contributed by atoms with Crippen LogP contribution in [0, 0.1) is 29.1 Å². The van der Waals surface area contributed by atoms with Crippen molar-refractivity contribution in [2.24, 2.45) is 29.1 Å². The van der Waals surface area contributed by atoms with Gasteiger partial charge in [0.2, 0.25) is 0 Å². The van der Waals surface area contributed by atoms with E-state index in [0.717, 1.165) is 44.9 Å². The average Bonchev–Trinajstić information content (AvgIpc) is 2.61. The molecule has 0 unspecified atom stereocenters. The van der Waals surface area contributed by atoms with E-state index >= 15 is 0 Å². The summed E-state index contributed by atoms with van der Waals surface area (Å²) in [4.78, 5) is 35.4. The summed E-state index contributed by atoms with van der Waals surface area (Å²) in [7, 11) is 0. The lowest BCUT2D eigenvalue weighted by molar-refractivity contribution is -0.222. The first-order chi connectivity index (χ1) is 13.6. The summed E-state index contributed by atoms with van der Waals surface area (Å²) in [6.45, 7) is 7.33. The summed E-state index contributed by atoms with van der Waals surface area (Å²) in [5, 5.41) is 0. The molecule has 0 aromatic heterocycles. The predicted molar refractivity (Wildman–Crippen MR) is 105 cm³/mol. The van der Waals surface area contributed by atoms with E-state index in [1.54, 1.807) is 0 Å². The zero-order valence-corrected chi connectivity index (χ0v) is 18.1. The van der Waals surface area contributed by atoms with Crippen molar-refractivity contribution in [2.75, 3.05) is 0 Å². The molecule has 6 heteroatoms. The molecule has 0 aromatic rings. The fourth-order valence-electron chi connectivity index (χ4n) is 7.48. The number of carbonyl (C=O) groups excluding carboxylic acids is 3. The summed E-state index contributed by atoms with van der Waals surface area (Å²) in [6, 6.07) is 0. The monoisotopic (exact) mass is 406 g/mol. The van der Waals surface area contributed by atoms with Gasteiger partial charge in [0.25, 0.3) is 0 Å². The van der Waals surface area contributed by atoms with Crippen molar-refractivity contribution in [3.05, 3.63) is 0 Å². The Morgan fingerprint density at radius 1 is 0.897 bits per heavy atom. The first-order valence-corrected chi connectivity index (χ1v) is 11.2. The topological polar surface area (TPSA) is 78.9 Å². The summed E-state index contributed by atoms with van der Waals surface area (Å²) in [5.41, 5.74) is -0.285. The lowest BCUT2D eigenvalue weighted by Crippen LogP contribution is -2.62. The van der Waals surface area contributed by atoms with Gasteiger partial charge in [0.1, 0.15) is 17.8 Å². The molecule has 0 radical (unpaired) electrons. The zero-order chi connectivity index (χ0) is 21.0. The van der Waals surface area contributed by atoms with Crippen LogP contribution in [0.25, 0.3) is 0 Å². The van der Waals surface area contributed by atoms with Crippen LogP contribution in [-0.4, -0.2) is 35.7 Å². The highest BCUT2D eigenvalue weighted by molar-refractivity contribution is 5.71. The third-order valence-electron chi connectivity index (χ3n) is 8.63. The number of rotatable bonds is 2. The van der Waals surface area contributed by atoms with Crippen LogP contribution in [0.4, 0.5) is 0 Å². The lowest BCUT2D eigenvalue weighted by atomic mass is 9.45. The highest BCUT2D eigenvalue weighted by Crippen LogP contribution is 2.63. The van der Waals surface area contributed by atoms with Crippen LogP contribution in [0.3, 0.4) is 0 Å². The fraction of sp³-hybridized carbons (Fsp3) is 0.870. The van der Waals surface area contributed by atoms with Crippen molar-refractivity contribution in [1.82, 2.24) is 0 Å². The molecule has 0 N–H and O–H groups in total. The minimum absolute atomic E-state index is 0.0441. The van der Waals surface area contributed by atoms with Gasteiger partial charge in [-0.15, -0.1) is 0 Å². The number of fused-ring (bicyclic) bond motifs is 5. The van der Waals surface area contributed by atoms with Crippen LogP contribution < -0.4 is 0 Å². The molecule has 4 rings (SSSR count). The maximum atomic E-state index is 11.9. The summed E-state index contributed by atoms with van der Waals surface area (Å²) >= 11 is 0. The van der Waals surface area contributed by atoms with Gasteiger partial charge >= 0.3 is 17.9 Å². The zero-order valence-electron chi connectivity index (χ0n) is 18.1. The second kappa shape index (κ2) is 7.28. The molecule has 4 aliphatic rings. The van der Waals surface area contributed by atoms with Crippen LogP contribution in [-0.2, 0) is 28.6 Å². The third kappa shape index (κ3) is 3.46. The van der Waals surface area contributed by atoms with Crippen molar-refractivity contribution in [1.29, 1.82) is 0 Å². The molecule has 1 saturated heterocycles. The van der Waals surface area contributed by atoms with E-state index in [1.807, 2.05) is 0 Å². The van der Waals surface area contributed by atoms with Crippen molar-refractivity contribution < 1.29 is 28.6 Å². The summed E-state index contributed by atoms with van der Waals surface area (Å²) in [5.74, 6) is 0.977. The Morgan fingerprint density at radius 3 is 2.31 bits per heavy atom. The maximum Gasteiger partial charge on any atom is 0.306 e. The van der Waals surface area contributed by atoms with Crippen molar-refractivity contribution >= 4 is 17.9 Å². The Hall–Kier alpha value is -1.59. The highest BCUT2D eigenvalue weighted by atomic mass is 16.6. The summed E-state index contributed by atoms with van der Waals surface area (Å²) in [6.07, 6.45) is 6.35. The summed E-state index contributed by atoms with van der Waals surface area (Å²) < 4.78 is 17.2. The molecule has 29 heavy (non-hydrogen) atoms. The smallest absolute Gasteiger partial charge is 0.306 e. The minimum atomic E-state index is -0.367. The van der Waals surface area contributed by atoms with E-state index in [-0.39, 0.29) is 47.0 Å². The molecule has 8 atom stereocenters. The molecule has 0 aromatic carbocycles. The van der Waals surface area contributed by atoms with Crippen molar-refractivity contribution in [3.8, 4) is 0 Å². The van der Waals surface area contributed by atoms with Gasteiger partial charge in [-0.05, 0) is 69.1 Å². The number of ether oxygens (including phenoxy) is 3. The first kappa shape index (κ1) is 20.7. The molecule has 6 nitrogen and oxygen atoms in total. The van der Waals surface area contributed by atoms with Crippen molar-refractivity contribution in [3.63, 3.8) is 0 Å². The molecule has 1 aliphatic heterocycles. The van der Waals surface area contributed by atoms with E-state index in [2.05, 4.69) is 13.8 Å². The Kier molecular flexibility index (Phi) is 5.19. The van der Waals surface area contributed by atoms with Crippen LogP contribution in [0.2, 0.25) is 0 Å². The average molecular weight is 407 g/mol. The van der Waals surface area contributed by atoms with Gasteiger partial charge in [0, 0.05) is 32.1 Å². The second-order valence-corrected chi connectivity index (χ2v) is 10.2. The minimum Gasteiger partial charge on any atom is -0.459 e. The standard InChI is InChI=1S/C23H34O6/c1-13(24)27-19-10-11-22(3)16-9-12-23(4)17(7-8-20(26)29-23)15(16)5-6-18(22)21(19)28-14(2)25/h15-19,21H,5-12H2,1-4H3/t15-,16+,17+,18+,19-,21-,22-,23+/m1/s1. The molecular formula is C23H34O6. The Labute approximate surface area is 173 Å². The SMILES string of the molecule is CC(=O)O[C@H]1[C@H](OC(C)=O)CC[C@]2(C)[C@H]3CC[C@]4(C)OC(=O)CC[C@H]4[C@@H]3CC[C@@H]12. The van der Waals surface area contributed by atoms with Crippen LogP contribution in [0.15, 0.2) is 0 Å². The molecule has 162 valence electrons. The Balaban J connectivity index is 1.61. The van der Waals surface area contributed by atoms with Crippen molar-refractivity contribution in [2.45, 2.75) is 96.9 Å². The fourth-order valence-corrected chi connectivity index (χ4v) is 7.48. The van der Waals surface area contributed by atoms with Gasteiger partial charge in [0.05, 0.1) is 0 Å². The molecule has 3 aliphatic carbocycles. The van der Waals surface area contributed by atoms with E-state index in [9.17, 15) is 14.4 Å². The second-order valence-electron chi connectivity index (χ2n) is 10.2. The predicted octanol–water partition coefficient (Wildman–Crippen LogP) is 3.80. The maximum absolute atomic E-state index is 11.9. The molecule has 4 fully saturated rings. The van der Waals surface area contributed by atoms with Crippen LogP contribution >= 0.6 is 0 Å². The molecule has 0 spiro atoms. The Bertz CT molecular complexity index is 703. The Morgan fingerprint density at radius 2 is 1.62 bits per heavy atom. The van der Waals surface area contributed by atoms with Gasteiger partial charge in [0.15, 0.2) is 0 Å². The number of hydrogen-bond donors (Lipinski definition) is 0. The van der Waals surface area contributed by atoms with Gasteiger partial charge < -0.3 is 14.2 Å². The third-order valence-corrected chi connectivity index (χ3v) is 8.63. The van der Waals surface area contributed by atoms with Gasteiger partial charge in [-0.25, -0.2) is 0 Å². The van der Waals surface area contributed by atoms with Gasteiger partial charge in [-0.1, -0.05) is 6.92 Å². The molecule has 1 heterocycles. The van der Waals surface area contributed by atoms with E-state index in [1.165, 1.54) is 13.8 Å². The quantitative estimate of drug-likeness (QED) is 0.513. The largest absolute Gasteiger partial charge is 0.459 e. The van der Waals surface area contributed by atoms with Gasteiger partial charge in [-0.3, -0.25) is 14.4 Å². The van der Waals surface area contributed by atoms with E-state index in [0.29, 0.717) is 24.2 Å². The highest BCUT2D eigenvalue weighted by Gasteiger charge is 2.61. The lowest BCUT2D eigenvalue weighted by Gasteiger charge is -2.62.